The molecule has 2 N–H and O–H groups in total. The topological polar surface area (TPSA) is 35.2 Å². The minimum absolute atomic E-state index is 0.562. The van der Waals surface area contributed by atoms with Gasteiger partial charge in [0.25, 0.3) is 0 Å². The van der Waals surface area contributed by atoms with Crippen molar-refractivity contribution in [3.63, 3.8) is 0 Å². The summed E-state index contributed by atoms with van der Waals surface area (Å²) in [5.74, 6) is 0. The summed E-state index contributed by atoms with van der Waals surface area (Å²) in [7, 11) is 0. The summed E-state index contributed by atoms with van der Waals surface area (Å²) in [5, 5.41) is 0. The Bertz CT molecular complexity index is 312. The Morgan fingerprint density at radius 3 is 2.86 bits per heavy atom. The van der Waals surface area contributed by atoms with Gasteiger partial charge in [-0.3, -0.25) is 0 Å². The molecule has 76 valence electrons. The number of nitrogens with two attached hydrogens (primary N) is 1. The van der Waals surface area contributed by atoms with E-state index in [1.54, 1.807) is 6.08 Å². The maximum Gasteiger partial charge on any atom is 0.0732 e. The molecule has 0 aromatic heterocycles. The predicted molar refractivity (Wildman–Crippen MR) is 61.9 cm³/mol. The zero-order valence-electron chi connectivity index (χ0n) is 8.00. The zero-order valence-corrected chi connectivity index (χ0v) is 9.59. The molecule has 0 saturated heterocycles. The van der Waals surface area contributed by atoms with Gasteiger partial charge in [0.15, 0.2) is 0 Å². The lowest BCUT2D eigenvalue weighted by atomic mass is 10.1. The summed E-state index contributed by atoms with van der Waals surface area (Å²) in [6.07, 6.45) is 1.74. The first-order valence-corrected chi connectivity index (χ1v) is 5.23. The van der Waals surface area contributed by atoms with E-state index in [0.29, 0.717) is 19.8 Å². The molecular formula is C11H14BrNO. The molecule has 0 radical (unpaired) electrons. The summed E-state index contributed by atoms with van der Waals surface area (Å²) in [6.45, 7) is 5.32. The van der Waals surface area contributed by atoms with Gasteiger partial charge in [-0.25, -0.2) is 0 Å². The molecule has 0 heterocycles. The molecule has 0 aliphatic carbocycles. The third kappa shape index (κ3) is 3.25. The van der Waals surface area contributed by atoms with Crippen LogP contribution in [0.15, 0.2) is 35.3 Å². The van der Waals surface area contributed by atoms with Crippen LogP contribution in [0.2, 0.25) is 0 Å². The average Bonchev–Trinajstić information content (AvgIpc) is 2.20. The molecule has 0 unspecified atom stereocenters. The quantitative estimate of drug-likeness (QED) is 0.649. The number of benzene rings is 1. The molecule has 1 rings (SSSR count). The van der Waals surface area contributed by atoms with Crippen molar-refractivity contribution in [3.8, 4) is 0 Å². The fraction of sp³-hybridized carbons (Fsp3) is 0.273. The molecule has 0 spiro atoms. The number of rotatable bonds is 5. The monoisotopic (exact) mass is 255 g/mol. The molecule has 1 aromatic rings. The van der Waals surface area contributed by atoms with E-state index in [9.17, 15) is 0 Å². The van der Waals surface area contributed by atoms with Crippen LogP contribution in [0.25, 0.3) is 0 Å². The Hall–Kier alpha value is -0.640. The van der Waals surface area contributed by atoms with Crippen LogP contribution in [-0.2, 0) is 17.9 Å². The highest BCUT2D eigenvalue weighted by Gasteiger charge is 2.00. The molecule has 0 amide bonds. The van der Waals surface area contributed by atoms with Crippen LogP contribution in [-0.4, -0.2) is 6.61 Å². The maximum atomic E-state index is 5.53. The first-order chi connectivity index (χ1) is 6.77. The first kappa shape index (κ1) is 11.4. The van der Waals surface area contributed by atoms with Crippen molar-refractivity contribution in [1.82, 2.24) is 0 Å². The van der Waals surface area contributed by atoms with Gasteiger partial charge < -0.3 is 10.5 Å². The van der Waals surface area contributed by atoms with Crippen LogP contribution in [0.1, 0.15) is 11.1 Å². The lowest BCUT2D eigenvalue weighted by Gasteiger charge is -2.06. The SMILES string of the molecule is C=CCOCc1ccc(CN)cc1Br. The molecule has 14 heavy (non-hydrogen) atoms. The molecule has 3 heteroatoms. The molecule has 0 aliphatic rings. The van der Waals surface area contributed by atoms with Crippen molar-refractivity contribution in [2.24, 2.45) is 5.73 Å². The van der Waals surface area contributed by atoms with E-state index in [0.717, 1.165) is 15.6 Å². The van der Waals surface area contributed by atoms with Gasteiger partial charge in [0.2, 0.25) is 0 Å². The Morgan fingerprint density at radius 2 is 2.29 bits per heavy atom. The smallest absolute Gasteiger partial charge is 0.0732 e. The molecule has 1 aromatic carbocycles. The summed E-state index contributed by atoms with van der Waals surface area (Å²) >= 11 is 3.48. The van der Waals surface area contributed by atoms with E-state index < -0.39 is 0 Å². The number of hydrogen-bond acceptors (Lipinski definition) is 2. The standard InChI is InChI=1S/C11H14BrNO/c1-2-5-14-8-10-4-3-9(7-13)6-11(10)12/h2-4,6H,1,5,7-8,13H2. The number of ether oxygens (including phenoxy) is 1. The molecule has 0 bridgehead atoms. The highest BCUT2D eigenvalue weighted by molar-refractivity contribution is 9.10. The first-order valence-electron chi connectivity index (χ1n) is 4.44. The van der Waals surface area contributed by atoms with Crippen LogP contribution in [0, 0.1) is 0 Å². The fourth-order valence-corrected chi connectivity index (χ4v) is 1.63. The predicted octanol–water partition coefficient (Wildman–Crippen LogP) is 2.61. The van der Waals surface area contributed by atoms with E-state index in [4.69, 9.17) is 10.5 Å². The van der Waals surface area contributed by atoms with E-state index in [-0.39, 0.29) is 0 Å². The van der Waals surface area contributed by atoms with Gasteiger partial charge >= 0.3 is 0 Å². The van der Waals surface area contributed by atoms with E-state index in [2.05, 4.69) is 22.5 Å². The lowest BCUT2D eigenvalue weighted by Crippen LogP contribution is -1.98. The summed E-state index contributed by atoms with van der Waals surface area (Å²) < 4.78 is 6.39. The van der Waals surface area contributed by atoms with Crippen LogP contribution in [0.3, 0.4) is 0 Å². The van der Waals surface area contributed by atoms with Gasteiger partial charge in [-0.2, -0.15) is 0 Å². The summed E-state index contributed by atoms with van der Waals surface area (Å²) in [6, 6.07) is 6.05. The zero-order chi connectivity index (χ0) is 10.4. The highest BCUT2D eigenvalue weighted by atomic mass is 79.9. The van der Waals surface area contributed by atoms with Crippen molar-refractivity contribution in [3.05, 3.63) is 46.5 Å². The van der Waals surface area contributed by atoms with Crippen molar-refractivity contribution >= 4 is 15.9 Å². The van der Waals surface area contributed by atoms with Gasteiger partial charge in [0.1, 0.15) is 0 Å². The molecule has 0 fully saturated rings. The largest absolute Gasteiger partial charge is 0.373 e. The van der Waals surface area contributed by atoms with Crippen LogP contribution < -0.4 is 5.73 Å². The minimum atomic E-state index is 0.562. The maximum absolute atomic E-state index is 5.53. The second-order valence-electron chi connectivity index (χ2n) is 2.93. The fourth-order valence-electron chi connectivity index (χ4n) is 1.09. The molecule has 0 saturated carbocycles. The third-order valence-electron chi connectivity index (χ3n) is 1.85. The molecular weight excluding hydrogens is 242 g/mol. The minimum Gasteiger partial charge on any atom is -0.373 e. The van der Waals surface area contributed by atoms with E-state index in [1.807, 2.05) is 18.2 Å². The van der Waals surface area contributed by atoms with Gasteiger partial charge in [0.05, 0.1) is 13.2 Å². The Balaban J connectivity index is 2.63. The van der Waals surface area contributed by atoms with Crippen molar-refractivity contribution < 1.29 is 4.74 Å². The number of hydrogen-bond donors (Lipinski definition) is 1. The van der Waals surface area contributed by atoms with E-state index in [1.165, 1.54) is 0 Å². The van der Waals surface area contributed by atoms with Crippen LogP contribution in [0.4, 0.5) is 0 Å². The second kappa shape index (κ2) is 5.96. The second-order valence-corrected chi connectivity index (χ2v) is 3.79. The normalized spacial score (nSPS) is 10.1. The van der Waals surface area contributed by atoms with Crippen molar-refractivity contribution in [1.29, 1.82) is 0 Å². The van der Waals surface area contributed by atoms with E-state index >= 15 is 0 Å². The van der Waals surface area contributed by atoms with Crippen molar-refractivity contribution in [2.75, 3.05) is 6.61 Å². The molecule has 0 atom stereocenters. The number of halogens is 1. The Kier molecular flexibility index (Phi) is 4.87. The van der Waals surface area contributed by atoms with Gasteiger partial charge in [-0.1, -0.05) is 34.1 Å². The summed E-state index contributed by atoms with van der Waals surface area (Å²) in [5.41, 5.74) is 7.77. The summed E-state index contributed by atoms with van der Waals surface area (Å²) in [4.78, 5) is 0. The van der Waals surface area contributed by atoms with Crippen molar-refractivity contribution in [2.45, 2.75) is 13.2 Å². The van der Waals surface area contributed by atoms with Crippen LogP contribution >= 0.6 is 15.9 Å². The molecule has 0 aliphatic heterocycles. The third-order valence-corrected chi connectivity index (χ3v) is 2.58. The lowest BCUT2D eigenvalue weighted by molar-refractivity contribution is 0.148. The molecule has 2 nitrogen and oxygen atoms in total. The highest BCUT2D eigenvalue weighted by Crippen LogP contribution is 2.19. The van der Waals surface area contributed by atoms with Gasteiger partial charge in [-0.05, 0) is 17.2 Å². The Morgan fingerprint density at radius 1 is 1.50 bits per heavy atom. The van der Waals surface area contributed by atoms with Gasteiger partial charge in [0, 0.05) is 11.0 Å². The van der Waals surface area contributed by atoms with Gasteiger partial charge in [-0.15, -0.1) is 6.58 Å². The average molecular weight is 256 g/mol. The van der Waals surface area contributed by atoms with Crippen LogP contribution in [0.5, 0.6) is 0 Å². The Labute approximate surface area is 92.9 Å².